The number of nitrogen functional groups attached to an aromatic ring is 1. The summed E-state index contributed by atoms with van der Waals surface area (Å²) >= 11 is 0. The Hall–Kier alpha value is -2.25. The highest BCUT2D eigenvalue weighted by Crippen LogP contribution is 2.28. The Balaban J connectivity index is 2.25. The average molecular weight is 290 g/mol. The Kier molecular flexibility index (Phi) is 3.80. The molecule has 0 atom stereocenters. The summed E-state index contributed by atoms with van der Waals surface area (Å²) in [5, 5.41) is 7.31. The normalized spacial score (nSPS) is 12.4. The number of nitrogens with one attached hydrogen (secondary N) is 1. The highest BCUT2D eigenvalue weighted by atomic mass is 15.4. The lowest BCUT2D eigenvalue weighted by atomic mass is 9.82. The smallest absolute Gasteiger partial charge is 0.258 e. The zero-order valence-corrected chi connectivity index (χ0v) is 13.1. The molecule has 2 rings (SSSR count). The molecule has 0 fully saturated rings. The molecule has 2 aromatic rings. The Morgan fingerprint density at radius 3 is 2.43 bits per heavy atom. The van der Waals surface area contributed by atoms with Gasteiger partial charge in [0.05, 0.1) is 0 Å². The maximum atomic E-state index is 5.75. The summed E-state index contributed by atoms with van der Waals surface area (Å²) in [5.41, 5.74) is 5.76. The SMILES string of the molecule is CC(C)(C)CC(C)(C)Nc1nc(N)nc(-n2cncn2)n1. The van der Waals surface area contributed by atoms with Crippen LogP contribution in [0.25, 0.3) is 5.95 Å². The van der Waals surface area contributed by atoms with E-state index in [1.807, 2.05) is 0 Å². The summed E-state index contributed by atoms with van der Waals surface area (Å²) in [6.07, 6.45) is 3.87. The van der Waals surface area contributed by atoms with Crippen molar-refractivity contribution < 1.29 is 0 Å². The summed E-state index contributed by atoms with van der Waals surface area (Å²) in [6, 6.07) is 0. The van der Waals surface area contributed by atoms with Crippen molar-refractivity contribution in [3.63, 3.8) is 0 Å². The van der Waals surface area contributed by atoms with Crippen LogP contribution in [-0.2, 0) is 0 Å². The van der Waals surface area contributed by atoms with Crippen LogP contribution >= 0.6 is 0 Å². The van der Waals surface area contributed by atoms with Gasteiger partial charge in [0.1, 0.15) is 12.7 Å². The molecule has 114 valence electrons. The van der Waals surface area contributed by atoms with Crippen LogP contribution in [0, 0.1) is 5.41 Å². The topological polar surface area (TPSA) is 107 Å². The minimum absolute atomic E-state index is 0.143. The molecular weight excluding hydrogens is 268 g/mol. The lowest BCUT2D eigenvalue weighted by Gasteiger charge is -2.33. The minimum atomic E-state index is -0.175. The van der Waals surface area contributed by atoms with E-state index in [0.717, 1.165) is 6.42 Å². The van der Waals surface area contributed by atoms with Gasteiger partial charge in [-0.3, -0.25) is 0 Å². The molecule has 2 aromatic heterocycles. The molecule has 0 aliphatic rings. The first kappa shape index (κ1) is 15.1. The summed E-state index contributed by atoms with van der Waals surface area (Å²) in [7, 11) is 0. The van der Waals surface area contributed by atoms with Crippen LogP contribution in [0.1, 0.15) is 41.0 Å². The maximum Gasteiger partial charge on any atom is 0.258 e. The quantitative estimate of drug-likeness (QED) is 0.881. The third-order valence-electron chi connectivity index (χ3n) is 2.69. The lowest BCUT2D eigenvalue weighted by molar-refractivity contribution is 0.301. The first-order chi connectivity index (χ1) is 9.65. The van der Waals surface area contributed by atoms with Crippen LogP contribution in [0.2, 0.25) is 0 Å². The van der Waals surface area contributed by atoms with E-state index < -0.39 is 0 Å². The van der Waals surface area contributed by atoms with Gasteiger partial charge in [0.15, 0.2) is 0 Å². The van der Waals surface area contributed by atoms with Crippen molar-refractivity contribution in [1.82, 2.24) is 29.7 Å². The Morgan fingerprint density at radius 2 is 1.86 bits per heavy atom. The largest absolute Gasteiger partial charge is 0.368 e. The number of nitrogens with zero attached hydrogens (tertiary/aromatic N) is 6. The monoisotopic (exact) mass is 290 g/mol. The van der Waals surface area contributed by atoms with E-state index >= 15 is 0 Å². The van der Waals surface area contributed by atoms with Gasteiger partial charge in [-0.1, -0.05) is 20.8 Å². The molecule has 2 heterocycles. The zero-order chi connectivity index (χ0) is 15.7. The molecule has 0 saturated carbocycles. The van der Waals surface area contributed by atoms with Gasteiger partial charge in [-0.15, -0.1) is 0 Å². The van der Waals surface area contributed by atoms with Crippen LogP contribution in [0.4, 0.5) is 11.9 Å². The molecule has 8 heteroatoms. The number of hydrogen-bond donors (Lipinski definition) is 2. The zero-order valence-electron chi connectivity index (χ0n) is 13.1. The highest BCUT2D eigenvalue weighted by molar-refractivity contribution is 5.36. The summed E-state index contributed by atoms with van der Waals surface area (Å²) in [6.45, 7) is 10.8. The number of rotatable bonds is 4. The first-order valence-corrected chi connectivity index (χ1v) is 6.79. The number of anilines is 2. The fourth-order valence-electron chi connectivity index (χ4n) is 2.52. The molecule has 8 nitrogen and oxygen atoms in total. The van der Waals surface area contributed by atoms with Gasteiger partial charge in [-0.25, -0.2) is 4.98 Å². The molecule has 0 aromatic carbocycles. The van der Waals surface area contributed by atoms with Gasteiger partial charge in [0, 0.05) is 5.54 Å². The van der Waals surface area contributed by atoms with Crippen molar-refractivity contribution in [2.45, 2.75) is 46.6 Å². The van der Waals surface area contributed by atoms with Crippen LogP contribution in [-0.4, -0.2) is 35.3 Å². The number of hydrogen-bond acceptors (Lipinski definition) is 7. The molecule has 0 bridgehead atoms. The van der Waals surface area contributed by atoms with E-state index in [1.54, 1.807) is 0 Å². The van der Waals surface area contributed by atoms with Gasteiger partial charge in [-0.05, 0) is 25.7 Å². The summed E-state index contributed by atoms with van der Waals surface area (Å²) in [4.78, 5) is 16.4. The molecule has 3 N–H and O–H groups in total. The Labute approximate surface area is 124 Å². The second kappa shape index (κ2) is 5.27. The molecule has 0 saturated heterocycles. The van der Waals surface area contributed by atoms with E-state index in [9.17, 15) is 0 Å². The molecule has 0 amide bonds. The van der Waals surface area contributed by atoms with Crippen LogP contribution in [0.5, 0.6) is 0 Å². The maximum absolute atomic E-state index is 5.75. The van der Waals surface area contributed by atoms with Crippen LogP contribution in [0.15, 0.2) is 12.7 Å². The van der Waals surface area contributed by atoms with Gasteiger partial charge in [0.2, 0.25) is 11.9 Å². The molecular formula is C13H22N8. The predicted molar refractivity (Wildman–Crippen MR) is 80.9 cm³/mol. The molecule has 21 heavy (non-hydrogen) atoms. The van der Waals surface area contributed by atoms with E-state index in [0.29, 0.717) is 11.9 Å². The summed E-state index contributed by atoms with van der Waals surface area (Å²) < 4.78 is 1.44. The van der Waals surface area contributed by atoms with Gasteiger partial charge in [0.25, 0.3) is 5.95 Å². The lowest BCUT2D eigenvalue weighted by Crippen LogP contribution is -2.36. The minimum Gasteiger partial charge on any atom is -0.368 e. The number of nitrogens with two attached hydrogens (primary N) is 1. The molecule has 0 aliphatic carbocycles. The van der Waals surface area contributed by atoms with E-state index in [1.165, 1.54) is 17.3 Å². The highest BCUT2D eigenvalue weighted by Gasteiger charge is 2.26. The molecule has 0 radical (unpaired) electrons. The fourth-order valence-corrected chi connectivity index (χ4v) is 2.52. The van der Waals surface area contributed by atoms with Crippen LogP contribution < -0.4 is 11.1 Å². The third kappa shape index (κ3) is 4.37. The standard InChI is InChI=1S/C13H22N8/c1-12(2,3)6-13(4,5)20-10-17-9(14)18-11(19-10)21-8-15-7-16-21/h7-8H,6H2,1-5H3,(H3,14,17,18,19,20). The Bertz CT molecular complexity index is 597. The third-order valence-corrected chi connectivity index (χ3v) is 2.69. The van der Waals surface area contributed by atoms with Crippen molar-refractivity contribution in [3.8, 4) is 5.95 Å². The first-order valence-electron chi connectivity index (χ1n) is 6.79. The molecule has 0 unspecified atom stereocenters. The van der Waals surface area contributed by atoms with Crippen molar-refractivity contribution in [1.29, 1.82) is 0 Å². The fraction of sp³-hybridized carbons (Fsp3) is 0.615. The van der Waals surface area contributed by atoms with Gasteiger partial charge in [-0.2, -0.15) is 24.7 Å². The van der Waals surface area contributed by atoms with E-state index in [2.05, 4.69) is 65.0 Å². The van der Waals surface area contributed by atoms with Crippen LogP contribution in [0.3, 0.4) is 0 Å². The van der Waals surface area contributed by atoms with Crippen molar-refractivity contribution in [2.75, 3.05) is 11.1 Å². The second-order valence-corrected chi connectivity index (χ2v) is 6.90. The van der Waals surface area contributed by atoms with E-state index in [-0.39, 0.29) is 16.9 Å². The van der Waals surface area contributed by atoms with Crippen molar-refractivity contribution >= 4 is 11.9 Å². The predicted octanol–water partition coefficient (Wildman–Crippen LogP) is 1.66. The second-order valence-electron chi connectivity index (χ2n) is 6.90. The number of aromatic nitrogens is 6. The van der Waals surface area contributed by atoms with Crippen molar-refractivity contribution in [3.05, 3.63) is 12.7 Å². The average Bonchev–Trinajstić information content (AvgIpc) is 2.76. The summed E-state index contributed by atoms with van der Waals surface area (Å²) in [5.74, 6) is 0.917. The Morgan fingerprint density at radius 1 is 1.14 bits per heavy atom. The van der Waals surface area contributed by atoms with Crippen molar-refractivity contribution in [2.24, 2.45) is 5.41 Å². The van der Waals surface area contributed by atoms with Gasteiger partial charge < -0.3 is 11.1 Å². The van der Waals surface area contributed by atoms with E-state index in [4.69, 9.17) is 5.73 Å². The molecule has 0 spiro atoms. The molecule has 0 aliphatic heterocycles. The van der Waals surface area contributed by atoms with Gasteiger partial charge >= 0.3 is 0 Å².